The molecule has 4 heteroatoms. The molecule has 0 radical (unpaired) electrons. The van der Waals surface area contributed by atoms with Gasteiger partial charge < -0.3 is 10.6 Å². The molecule has 0 unspecified atom stereocenters. The normalized spacial score (nSPS) is 12.5. The molecule has 1 aromatic carbocycles. The summed E-state index contributed by atoms with van der Waals surface area (Å²) in [7, 11) is 0. The van der Waals surface area contributed by atoms with Gasteiger partial charge in [-0.25, -0.2) is 0 Å². The van der Waals surface area contributed by atoms with Crippen molar-refractivity contribution in [2.75, 3.05) is 6.67 Å². The van der Waals surface area contributed by atoms with Gasteiger partial charge in [0.2, 0.25) is 0 Å². The average molecular weight is 233 g/mol. The highest BCUT2D eigenvalue weighted by atomic mass is 35.5. The van der Waals surface area contributed by atoms with E-state index in [4.69, 9.17) is 5.73 Å². The number of fused-ring (bicyclic) bond motifs is 1. The SMILES string of the molecule is Cl.Cl.NCN1C=Cc2ccccc2C1. The van der Waals surface area contributed by atoms with E-state index in [1.54, 1.807) is 0 Å². The fraction of sp³-hybridized carbons (Fsp3) is 0.200. The summed E-state index contributed by atoms with van der Waals surface area (Å²) in [4.78, 5) is 2.09. The molecule has 0 saturated heterocycles. The summed E-state index contributed by atoms with van der Waals surface area (Å²) in [6, 6.07) is 8.38. The van der Waals surface area contributed by atoms with Crippen LogP contribution in [0.2, 0.25) is 0 Å². The largest absolute Gasteiger partial charge is 0.361 e. The highest BCUT2D eigenvalue weighted by Gasteiger charge is 2.06. The first-order chi connectivity index (χ1) is 5.90. The third-order valence-corrected chi connectivity index (χ3v) is 2.13. The van der Waals surface area contributed by atoms with E-state index in [9.17, 15) is 0 Å². The Hall–Kier alpha value is -0.700. The van der Waals surface area contributed by atoms with E-state index in [2.05, 4.69) is 35.2 Å². The fourth-order valence-electron chi connectivity index (χ4n) is 1.42. The van der Waals surface area contributed by atoms with Crippen LogP contribution < -0.4 is 5.73 Å². The van der Waals surface area contributed by atoms with Gasteiger partial charge in [0.1, 0.15) is 0 Å². The summed E-state index contributed by atoms with van der Waals surface area (Å²) in [6.07, 6.45) is 4.15. The lowest BCUT2D eigenvalue weighted by atomic mass is 10.1. The minimum Gasteiger partial charge on any atom is -0.361 e. The molecule has 0 bridgehead atoms. The summed E-state index contributed by atoms with van der Waals surface area (Å²) >= 11 is 0. The van der Waals surface area contributed by atoms with E-state index in [1.807, 2.05) is 6.20 Å². The van der Waals surface area contributed by atoms with Gasteiger partial charge in [0, 0.05) is 12.7 Å². The minimum absolute atomic E-state index is 0. The topological polar surface area (TPSA) is 29.3 Å². The molecule has 1 aliphatic heterocycles. The standard InChI is InChI=1S/C10H12N2.2ClH/c11-8-12-6-5-9-3-1-2-4-10(9)7-12;;/h1-6H,7-8,11H2;2*1H. The van der Waals surface area contributed by atoms with Crippen molar-refractivity contribution in [2.24, 2.45) is 5.73 Å². The highest BCUT2D eigenvalue weighted by molar-refractivity contribution is 5.85. The zero-order valence-corrected chi connectivity index (χ0v) is 9.35. The highest BCUT2D eigenvalue weighted by Crippen LogP contribution is 2.17. The number of hydrogen-bond acceptors (Lipinski definition) is 2. The van der Waals surface area contributed by atoms with Gasteiger partial charge in [0.15, 0.2) is 0 Å². The van der Waals surface area contributed by atoms with Gasteiger partial charge >= 0.3 is 0 Å². The molecule has 78 valence electrons. The molecular weight excluding hydrogens is 219 g/mol. The summed E-state index contributed by atoms with van der Waals surface area (Å²) in [6.45, 7) is 1.52. The number of benzene rings is 1. The van der Waals surface area contributed by atoms with E-state index in [-0.39, 0.29) is 24.8 Å². The zero-order chi connectivity index (χ0) is 8.39. The van der Waals surface area contributed by atoms with Crippen molar-refractivity contribution in [1.82, 2.24) is 4.90 Å². The first kappa shape index (κ1) is 13.3. The lowest BCUT2D eigenvalue weighted by molar-refractivity contribution is 0.378. The second-order valence-corrected chi connectivity index (χ2v) is 2.94. The maximum Gasteiger partial charge on any atom is 0.0655 e. The second-order valence-electron chi connectivity index (χ2n) is 2.94. The van der Waals surface area contributed by atoms with Crippen LogP contribution >= 0.6 is 24.8 Å². The quantitative estimate of drug-likeness (QED) is 0.805. The summed E-state index contributed by atoms with van der Waals surface area (Å²) < 4.78 is 0. The van der Waals surface area contributed by atoms with E-state index in [0.29, 0.717) is 6.67 Å². The Kier molecular flexibility index (Phi) is 5.62. The first-order valence-electron chi connectivity index (χ1n) is 4.10. The van der Waals surface area contributed by atoms with Crippen LogP contribution in [-0.2, 0) is 6.54 Å². The third-order valence-electron chi connectivity index (χ3n) is 2.13. The molecule has 0 fully saturated rings. The summed E-state index contributed by atoms with van der Waals surface area (Å²) in [5, 5.41) is 0. The molecule has 0 aromatic heterocycles. The van der Waals surface area contributed by atoms with Gasteiger partial charge in [-0.2, -0.15) is 0 Å². The van der Waals surface area contributed by atoms with Gasteiger partial charge in [-0.1, -0.05) is 24.3 Å². The Labute approximate surface area is 96.6 Å². The molecule has 0 atom stereocenters. The summed E-state index contributed by atoms with van der Waals surface area (Å²) in [5.41, 5.74) is 8.19. The predicted molar refractivity (Wildman–Crippen MR) is 64.6 cm³/mol. The first-order valence-corrected chi connectivity index (χ1v) is 4.10. The van der Waals surface area contributed by atoms with Crippen LogP contribution in [-0.4, -0.2) is 11.6 Å². The number of nitrogens with two attached hydrogens (primary N) is 1. The zero-order valence-electron chi connectivity index (χ0n) is 7.72. The van der Waals surface area contributed by atoms with Gasteiger partial charge in [0.25, 0.3) is 0 Å². The van der Waals surface area contributed by atoms with E-state index in [1.165, 1.54) is 11.1 Å². The molecule has 0 amide bonds. The molecule has 0 spiro atoms. The number of rotatable bonds is 1. The Morgan fingerprint density at radius 3 is 2.64 bits per heavy atom. The van der Waals surface area contributed by atoms with Gasteiger partial charge in [-0.15, -0.1) is 24.8 Å². The van der Waals surface area contributed by atoms with E-state index < -0.39 is 0 Å². The second kappa shape index (κ2) is 5.91. The van der Waals surface area contributed by atoms with Gasteiger partial charge in [-0.3, -0.25) is 0 Å². The molecule has 0 saturated carbocycles. The Bertz CT molecular complexity index is 313. The molecule has 14 heavy (non-hydrogen) atoms. The lowest BCUT2D eigenvalue weighted by Crippen LogP contribution is -2.26. The van der Waals surface area contributed by atoms with E-state index >= 15 is 0 Å². The Morgan fingerprint density at radius 1 is 1.21 bits per heavy atom. The molecule has 0 aliphatic carbocycles. The number of halogens is 2. The predicted octanol–water partition coefficient (Wildman–Crippen LogP) is 2.23. The monoisotopic (exact) mass is 232 g/mol. The summed E-state index contributed by atoms with van der Waals surface area (Å²) in [5.74, 6) is 0. The fourth-order valence-corrected chi connectivity index (χ4v) is 1.42. The van der Waals surface area contributed by atoms with Crippen LogP contribution in [0, 0.1) is 0 Å². The van der Waals surface area contributed by atoms with Crippen LogP contribution in [0.5, 0.6) is 0 Å². The van der Waals surface area contributed by atoms with Gasteiger partial charge in [-0.05, 0) is 17.2 Å². The average Bonchev–Trinajstić information content (AvgIpc) is 2.17. The van der Waals surface area contributed by atoms with Crippen molar-refractivity contribution in [1.29, 1.82) is 0 Å². The molecule has 1 aromatic rings. The van der Waals surface area contributed by atoms with Crippen molar-refractivity contribution < 1.29 is 0 Å². The maximum absolute atomic E-state index is 5.54. The molecule has 1 aliphatic rings. The smallest absolute Gasteiger partial charge is 0.0655 e. The van der Waals surface area contributed by atoms with Crippen LogP contribution in [0.15, 0.2) is 30.5 Å². The number of hydrogen-bond donors (Lipinski definition) is 1. The maximum atomic E-state index is 5.54. The van der Waals surface area contributed by atoms with Crippen LogP contribution in [0.4, 0.5) is 0 Å². The van der Waals surface area contributed by atoms with E-state index in [0.717, 1.165) is 6.54 Å². The Morgan fingerprint density at radius 2 is 1.93 bits per heavy atom. The van der Waals surface area contributed by atoms with Crippen LogP contribution in [0.1, 0.15) is 11.1 Å². The van der Waals surface area contributed by atoms with Crippen molar-refractivity contribution >= 4 is 30.9 Å². The van der Waals surface area contributed by atoms with Crippen LogP contribution in [0.25, 0.3) is 6.08 Å². The molecule has 2 rings (SSSR count). The minimum atomic E-state index is 0. The van der Waals surface area contributed by atoms with Crippen molar-refractivity contribution in [3.8, 4) is 0 Å². The van der Waals surface area contributed by atoms with Crippen molar-refractivity contribution in [2.45, 2.75) is 6.54 Å². The van der Waals surface area contributed by atoms with Crippen LogP contribution in [0.3, 0.4) is 0 Å². The molecule has 2 N–H and O–H groups in total. The van der Waals surface area contributed by atoms with Gasteiger partial charge in [0.05, 0.1) is 6.67 Å². The third kappa shape index (κ3) is 2.64. The Balaban J connectivity index is 0.000000845. The molecule has 2 nitrogen and oxygen atoms in total. The number of nitrogens with zero attached hydrogens (tertiary/aromatic N) is 1. The van der Waals surface area contributed by atoms with Crippen molar-refractivity contribution in [3.63, 3.8) is 0 Å². The van der Waals surface area contributed by atoms with Crippen molar-refractivity contribution in [3.05, 3.63) is 41.6 Å². The lowest BCUT2D eigenvalue weighted by Gasteiger charge is -2.23. The molecular formula is C10H14Cl2N2. The molecule has 1 heterocycles.